The van der Waals surface area contributed by atoms with E-state index in [2.05, 4.69) is 43.0 Å². The minimum absolute atomic E-state index is 0.0738. The molecule has 5 heterocycles. The monoisotopic (exact) mass is 544 g/mol. The van der Waals surface area contributed by atoms with Crippen LogP contribution in [-0.4, -0.2) is 84.2 Å². The Morgan fingerprint density at radius 1 is 1.20 bits per heavy atom. The summed E-state index contributed by atoms with van der Waals surface area (Å²) in [7, 11) is 4.00. The summed E-state index contributed by atoms with van der Waals surface area (Å²) < 4.78 is 31.2. The number of nitrogens with one attached hydrogen (secondary N) is 2. The van der Waals surface area contributed by atoms with Crippen LogP contribution in [-0.2, 0) is 0 Å². The van der Waals surface area contributed by atoms with Crippen molar-refractivity contribution >= 4 is 33.6 Å². The van der Waals surface area contributed by atoms with Crippen LogP contribution >= 0.6 is 0 Å². The Morgan fingerprint density at radius 2 is 2.00 bits per heavy atom. The zero-order chi connectivity index (χ0) is 28.0. The molecule has 1 aromatic carbocycles. The number of aromatic amines is 1. The standard InChI is InChI=1S/C29H30F2N8O/c1-4-18-21(30)7-8-22-24(18)19(14-23(40)34-22)26-25(31)27-20(15-33-26)28(38(3)16-17-6-5-9-32-17)36-29(35-27)39-12-10-37(2)11-13-39/h1,7-8,14-15,17,32H,5-6,9-13,16H2,2-3H3,(H,34,40)/t17-/m1/s1. The molecular weight excluding hydrogens is 514 g/mol. The van der Waals surface area contributed by atoms with Gasteiger partial charge in [-0.25, -0.2) is 13.8 Å². The molecule has 2 aliphatic rings. The van der Waals surface area contributed by atoms with Crippen molar-refractivity contribution in [1.29, 1.82) is 0 Å². The van der Waals surface area contributed by atoms with E-state index in [0.29, 0.717) is 48.3 Å². The Kier molecular flexibility index (Phi) is 6.82. The number of nitrogens with zero attached hydrogens (tertiary/aromatic N) is 6. The third-order valence-corrected chi connectivity index (χ3v) is 7.81. The molecule has 1 atom stereocenters. The molecule has 2 aliphatic heterocycles. The highest BCUT2D eigenvalue weighted by Crippen LogP contribution is 2.35. The minimum atomic E-state index is -0.719. The molecule has 206 valence electrons. The number of terminal acetylenes is 1. The summed E-state index contributed by atoms with van der Waals surface area (Å²) >= 11 is 0. The largest absolute Gasteiger partial charge is 0.357 e. The van der Waals surface area contributed by atoms with Gasteiger partial charge in [0.2, 0.25) is 11.5 Å². The second kappa shape index (κ2) is 10.4. The fourth-order valence-corrected chi connectivity index (χ4v) is 5.65. The molecule has 0 spiro atoms. The fourth-order valence-electron chi connectivity index (χ4n) is 5.65. The highest BCUT2D eigenvalue weighted by atomic mass is 19.1. The van der Waals surface area contributed by atoms with E-state index in [1.54, 1.807) is 0 Å². The first kappa shape index (κ1) is 26.1. The lowest BCUT2D eigenvalue weighted by molar-refractivity contribution is 0.311. The molecule has 3 aromatic heterocycles. The zero-order valence-corrected chi connectivity index (χ0v) is 22.5. The maximum absolute atomic E-state index is 16.5. The molecule has 9 nitrogen and oxygen atoms in total. The first-order valence-electron chi connectivity index (χ1n) is 13.4. The Balaban J connectivity index is 1.56. The first-order valence-corrected chi connectivity index (χ1v) is 13.4. The Morgan fingerprint density at radius 3 is 2.73 bits per heavy atom. The topological polar surface area (TPSA) is 93.3 Å². The van der Waals surface area contributed by atoms with E-state index in [-0.39, 0.29) is 27.7 Å². The van der Waals surface area contributed by atoms with Gasteiger partial charge in [0.15, 0.2) is 5.82 Å². The lowest BCUT2D eigenvalue weighted by Gasteiger charge is -2.33. The Hall–Kier alpha value is -4.14. The van der Waals surface area contributed by atoms with Crippen molar-refractivity contribution in [3.63, 3.8) is 0 Å². The van der Waals surface area contributed by atoms with E-state index in [4.69, 9.17) is 11.4 Å². The predicted octanol–water partition coefficient (Wildman–Crippen LogP) is 2.73. The molecule has 2 saturated heterocycles. The van der Waals surface area contributed by atoms with Gasteiger partial charge in [-0.3, -0.25) is 9.78 Å². The summed E-state index contributed by atoms with van der Waals surface area (Å²) in [6.45, 7) is 4.75. The molecular formula is C29H30F2N8O. The molecule has 11 heteroatoms. The Bertz CT molecular complexity index is 1700. The van der Waals surface area contributed by atoms with Gasteiger partial charge in [-0.15, -0.1) is 6.42 Å². The maximum atomic E-state index is 16.5. The fraction of sp³-hybridized carbons (Fsp3) is 0.379. The molecule has 0 unspecified atom stereocenters. The van der Waals surface area contributed by atoms with E-state index < -0.39 is 17.2 Å². The maximum Gasteiger partial charge on any atom is 0.249 e. The minimum Gasteiger partial charge on any atom is -0.357 e. The van der Waals surface area contributed by atoms with E-state index in [9.17, 15) is 9.18 Å². The molecule has 2 fully saturated rings. The number of H-pyrrole nitrogens is 1. The molecule has 0 saturated carbocycles. The van der Waals surface area contributed by atoms with E-state index >= 15 is 4.39 Å². The molecule has 2 N–H and O–H groups in total. The van der Waals surface area contributed by atoms with Crippen LogP contribution < -0.4 is 20.7 Å². The number of piperazine rings is 1. The van der Waals surface area contributed by atoms with Gasteiger partial charge in [-0.05, 0) is 38.6 Å². The van der Waals surface area contributed by atoms with E-state index in [0.717, 1.165) is 32.5 Å². The highest BCUT2D eigenvalue weighted by Gasteiger charge is 2.26. The van der Waals surface area contributed by atoms with Crippen molar-refractivity contribution in [2.45, 2.75) is 18.9 Å². The number of benzene rings is 1. The summed E-state index contributed by atoms with van der Waals surface area (Å²) in [4.78, 5) is 35.5. The molecule has 0 radical (unpaired) electrons. The van der Waals surface area contributed by atoms with Gasteiger partial charge in [0.1, 0.15) is 22.8 Å². The second-order valence-corrected chi connectivity index (χ2v) is 10.5. The van der Waals surface area contributed by atoms with Gasteiger partial charge in [0.05, 0.1) is 16.5 Å². The molecule has 0 bridgehead atoms. The van der Waals surface area contributed by atoms with Crippen molar-refractivity contribution in [2.24, 2.45) is 0 Å². The quantitative estimate of drug-likeness (QED) is 0.371. The summed E-state index contributed by atoms with van der Waals surface area (Å²) in [5, 5.41) is 4.17. The van der Waals surface area contributed by atoms with Gasteiger partial charge >= 0.3 is 0 Å². The third kappa shape index (κ3) is 4.63. The molecule has 0 amide bonds. The SMILES string of the molecule is C#Cc1c(F)ccc2[nH]c(=O)cc(-c3ncc4c(N(C)C[C@H]5CCCN5)nc(N5CCN(C)CC5)nc4c3F)c12. The molecule has 6 rings (SSSR count). The van der Waals surface area contributed by atoms with E-state index in [1.807, 2.05) is 11.9 Å². The van der Waals surface area contributed by atoms with Crippen LogP contribution in [0.1, 0.15) is 18.4 Å². The predicted molar refractivity (Wildman–Crippen MR) is 153 cm³/mol. The first-order chi connectivity index (χ1) is 19.3. The van der Waals surface area contributed by atoms with Gasteiger partial charge in [0, 0.05) is 69.0 Å². The third-order valence-electron chi connectivity index (χ3n) is 7.81. The summed E-state index contributed by atoms with van der Waals surface area (Å²) in [6, 6.07) is 4.09. The smallest absolute Gasteiger partial charge is 0.249 e. The van der Waals surface area contributed by atoms with Crippen LogP contribution in [0.25, 0.3) is 33.1 Å². The van der Waals surface area contributed by atoms with Crippen LogP contribution in [0.5, 0.6) is 0 Å². The average molecular weight is 545 g/mol. The molecule has 0 aliphatic carbocycles. The lowest BCUT2D eigenvalue weighted by Crippen LogP contribution is -2.45. The van der Waals surface area contributed by atoms with Crippen molar-refractivity contribution in [3.05, 3.63) is 51.9 Å². The average Bonchev–Trinajstić information content (AvgIpc) is 3.46. The van der Waals surface area contributed by atoms with Crippen LogP contribution in [0, 0.1) is 24.0 Å². The highest BCUT2D eigenvalue weighted by molar-refractivity contribution is 6.00. The van der Waals surface area contributed by atoms with Crippen molar-refractivity contribution in [3.8, 4) is 23.6 Å². The number of hydrogen-bond acceptors (Lipinski definition) is 8. The number of pyridine rings is 2. The van der Waals surface area contributed by atoms with Crippen LogP contribution in [0.15, 0.2) is 29.2 Å². The van der Waals surface area contributed by atoms with Crippen molar-refractivity contribution < 1.29 is 8.78 Å². The molecule has 40 heavy (non-hydrogen) atoms. The van der Waals surface area contributed by atoms with Crippen molar-refractivity contribution in [2.75, 3.05) is 63.2 Å². The van der Waals surface area contributed by atoms with E-state index in [1.165, 1.54) is 24.4 Å². The van der Waals surface area contributed by atoms with Crippen LogP contribution in [0.3, 0.4) is 0 Å². The number of likely N-dealkylation sites (N-methyl/N-ethyl adjacent to an activating group) is 2. The lowest BCUT2D eigenvalue weighted by atomic mass is 9.99. The van der Waals surface area contributed by atoms with Crippen molar-refractivity contribution in [1.82, 2.24) is 30.2 Å². The van der Waals surface area contributed by atoms with Gasteiger partial charge in [0.25, 0.3) is 0 Å². The summed E-state index contributed by atoms with van der Waals surface area (Å²) in [5.74, 6) is 1.99. The van der Waals surface area contributed by atoms with Crippen LogP contribution in [0.2, 0.25) is 0 Å². The van der Waals surface area contributed by atoms with Gasteiger partial charge in [-0.1, -0.05) is 5.92 Å². The zero-order valence-electron chi connectivity index (χ0n) is 22.5. The summed E-state index contributed by atoms with van der Waals surface area (Å²) in [6.07, 6.45) is 9.32. The molecule has 4 aromatic rings. The Labute approximate surface area is 230 Å². The van der Waals surface area contributed by atoms with Gasteiger partial charge in [-0.2, -0.15) is 4.98 Å². The van der Waals surface area contributed by atoms with Gasteiger partial charge < -0.3 is 25.0 Å². The number of rotatable bonds is 5. The number of fused-ring (bicyclic) bond motifs is 2. The number of anilines is 2. The number of hydrogen-bond donors (Lipinski definition) is 2. The second-order valence-electron chi connectivity index (χ2n) is 10.5. The number of aromatic nitrogens is 4. The summed E-state index contributed by atoms with van der Waals surface area (Å²) in [5.41, 5.74) is -0.195. The van der Waals surface area contributed by atoms with Crippen LogP contribution in [0.4, 0.5) is 20.5 Å². The normalized spacial score (nSPS) is 18.0. The number of halogens is 2.